The second kappa shape index (κ2) is 5.50. The van der Waals surface area contributed by atoms with Gasteiger partial charge in [-0.15, -0.1) is 0 Å². The summed E-state index contributed by atoms with van der Waals surface area (Å²) in [5.74, 6) is 0.566. The molecule has 4 heteroatoms. The molecule has 17 heavy (non-hydrogen) atoms. The van der Waals surface area contributed by atoms with Crippen molar-refractivity contribution in [2.45, 2.75) is 19.3 Å². The molecule has 2 aliphatic rings. The van der Waals surface area contributed by atoms with Crippen molar-refractivity contribution >= 4 is 5.78 Å². The molecule has 0 atom stereocenters. The molecule has 0 aromatic carbocycles. The number of ether oxygens (including phenoxy) is 2. The minimum absolute atomic E-state index is 0.0755. The molecule has 0 radical (unpaired) electrons. The average Bonchev–Trinajstić information content (AvgIpc) is 2.39. The van der Waals surface area contributed by atoms with Gasteiger partial charge in [-0.2, -0.15) is 0 Å². The van der Waals surface area contributed by atoms with Crippen LogP contribution in [0, 0.1) is 0 Å². The van der Waals surface area contributed by atoms with Crippen molar-refractivity contribution in [3.63, 3.8) is 0 Å². The third-order valence-corrected chi connectivity index (χ3v) is 2.58. The SMILES string of the molecule is NCC(=O)C1=COC=C(CC2=CC=CCC2)O1. The monoisotopic (exact) mass is 233 g/mol. The number of carbonyl (C=O) groups excluding carboxylic acids is 1. The molecule has 2 N–H and O–H groups in total. The predicted octanol–water partition coefficient (Wildman–Crippen LogP) is 1.91. The van der Waals surface area contributed by atoms with Crippen LogP contribution in [-0.4, -0.2) is 12.3 Å². The zero-order valence-electron chi connectivity index (χ0n) is 9.52. The van der Waals surface area contributed by atoms with Gasteiger partial charge >= 0.3 is 0 Å². The first-order valence-electron chi connectivity index (χ1n) is 5.60. The smallest absolute Gasteiger partial charge is 0.214 e. The highest BCUT2D eigenvalue weighted by atomic mass is 16.5. The third-order valence-electron chi connectivity index (χ3n) is 2.58. The van der Waals surface area contributed by atoms with Crippen molar-refractivity contribution < 1.29 is 14.3 Å². The lowest BCUT2D eigenvalue weighted by Crippen LogP contribution is -2.19. The van der Waals surface area contributed by atoms with Gasteiger partial charge in [0.05, 0.1) is 6.54 Å². The molecule has 0 fully saturated rings. The standard InChI is InChI=1S/C13H15NO3/c14-7-12(15)13-9-16-8-11(17-13)6-10-4-2-1-3-5-10/h1-2,4,8-9H,3,5-7,14H2. The summed E-state index contributed by atoms with van der Waals surface area (Å²) in [6.07, 6.45) is 11.8. The Balaban J connectivity index is 1.95. The molecular weight excluding hydrogens is 218 g/mol. The third kappa shape index (κ3) is 3.07. The molecule has 1 aliphatic carbocycles. The zero-order chi connectivity index (χ0) is 12.1. The van der Waals surface area contributed by atoms with Crippen LogP contribution in [0.15, 0.2) is 47.8 Å². The molecule has 0 unspecified atom stereocenters. The largest absolute Gasteiger partial charge is 0.465 e. The average molecular weight is 233 g/mol. The molecule has 1 aliphatic heterocycles. The summed E-state index contributed by atoms with van der Waals surface area (Å²) >= 11 is 0. The van der Waals surface area contributed by atoms with E-state index in [0.717, 1.165) is 12.8 Å². The Morgan fingerprint density at radius 1 is 1.41 bits per heavy atom. The van der Waals surface area contributed by atoms with E-state index in [-0.39, 0.29) is 18.1 Å². The molecule has 0 aromatic rings. The lowest BCUT2D eigenvalue weighted by atomic mass is 10.0. The molecule has 1 heterocycles. The summed E-state index contributed by atoms with van der Waals surface area (Å²) in [7, 11) is 0. The number of ketones is 1. The fraction of sp³-hybridized carbons (Fsp3) is 0.308. The maximum atomic E-state index is 11.4. The minimum Gasteiger partial charge on any atom is -0.465 e. The number of Topliss-reactive ketones (excluding diaryl/α,β-unsaturated/α-hetero) is 1. The number of hydrogen-bond donors (Lipinski definition) is 1. The van der Waals surface area contributed by atoms with E-state index >= 15 is 0 Å². The van der Waals surface area contributed by atoms with Gasteiger partial charge in [-0.05, 0) is 12.8 Å². The molecule has 0 amide bonds. The molecule has 4 nitrogen and oxygen atoms in total. The maximum absolute atomic E-state index is 11.4. The van der Waals surface area contributed by atoms with Crippen LogP contribution >= 0.6 is 0 Å². The Morgan fingerprint density at radius 3 is 3.00 bits per heavy atom. The van der Waals surface area contributed by atoms with Crippen molar-refractivity contribution in [3.8, 4) is 0 Å². The van der Waals surface area contributed by atoms with Crippen LogP contribution in [0.3, 0.4) is 0 Å². The van der Waals surface area contributed by atoms with E-state index in [9.17, 15) is 4.79 Å². The van der Waals surface area contributed by atoms with Crippen LogP contribution in [0.2, 0.25) is 0 Å². The Kier molecular flexibility index (Phi) is 3.77. The van der Waals surface area contributed by atoms with E-state index in [0.29, 0.717) is 12.2 Å². The van der Waals surface area contributed by atoms with Gasteiger partial charge in [0, 0.05) is 6.42 Å². The number of carbonyl (C=O) groups is 1. The topological polar surface area (TPSA) is 61.6 Å². The molecule has 0 saturated heterocycles. The molecule has 2 rings (SSSR count). The van der Waals surface area contributed by atoms with Crippen LogP contribution in [0.25, 0.3) is 0 Å². The molecule has 0 aromatic heterocycles. The van der Waals surface area contributed by atoms with E-state index in [1.165, 1.54) is 18.1 Å². The van der Waals surface area contributed by atoms with Crippen LogP contribution in [-0.2, 0) is 14.3 Å². The Bertz CT molecular complexity index is 430. The van der Waals surface area contributed by atoms with E-state index in [2.05, 4.69) is 12.2 Å². The number of hydrogen-bond acceptors (Lipinski definition) is 4. The van der Waals surface area contributed by atoms with Crippen molar-refractivity contribution in [2.75, 3.05) is 6.54 Å². The van der Waals surface area contributed by atoms with Gasteiger partial charge in [0.15, 0.2) is 0 Å². The number of nitrogens with two attached hydrogens (primary N) is 1. The van der Waals surface area contributed by atoms with Crippen LogP contribution in [0.5, 0.6) is 0 Å². The second-order valence-electron chi connectivity index (χ2n) is 3.90. The fourth-order valence-electron chi connectivity index (χ4n) is 1.69. The second-order valence-corrected chi connectivity index (χ2v) is 3.90. The van der Waals surface area contributed by atoms with Gasteiger partial charge in [0.25, 0.3) is 0 Å². The Hall–Kier alpha value is -1.81. The minimum atomic E-state index is -0.256. The normalized spacial score (nSPS) is 18.5. The molecule has 90 valence electrons. The summed E-state index contributed by atoms with van der Waals surface area (Å²) in [5, 5.41) is 0. The summed E-state index contributed by atoms with van der Waals surface area (Å²) in [5.41, 5.74) is 6.53. The first kappa shape index (κ1) is 11.7. The van der Waals surface area contributed by atoms with Crippen molar-refractivity contribution in [3.05, 3.63) is 47.8 Å². The van der Waals surface area contributed by atoms with Crippen molar-refractivity contribution in [1.82, 2.24) is 0 Å². The molecule has 0 saturated carbocycles. The summed E-state index contributed by atoms with van der Waals surface area (Å²) in [6.45, 7) is -0.0755. The van der Waals surface area contributed by atoms with Crippen LogP contribution < -0.4 is 5.73 Å². The van der Waals surface area contributed by atoms with Crippen molar-refractivity contribution in [1.29, 1.82) is 0 Å². The van der Waals surface area contributed by atoms with Gasteiger partial charge in [0.1, 0.15) is 18.3 Å². The van der Waals surface area contributed by atoms with Gasteiger partial charge in [0.2, 0.25) is 11.5 Å². The molecule has 0 bridgehead atoms. The highest BCUT2D eigenvalue weighted by Gasteiger charge is 2.17. The fourth-order valence-corrected chi connectivity index (χ4v) is 1.69. The van der Waals surface area contributed by atoms with Gasteiger partial charge in [-0.3, -0.25) is 4.79 Å². The Morgan fingerprint density at radius 2 is 2.29 bits per heavy atom. The Labute approximate surface area is 100 Å². The quantitative estimate of drug-likeness (QED) is 0.805. The molecular formula is C13H15NO3. The lowest BCUT2D eigenvalue weighted by molar-refractivity contribution is -0.117. The first-order chi connectivity index (χ1) is 8.29. The number of rotatable bonds is 4. The van der Waals surface area contributed by atoms with E-state index in [1.807, 2.05) is 6.08 Å². The predicted molar refractivity (Wildman–Crippen MR) is 63.5 cm³/mol. The van der Waals surface area contributed by atoms with Gasteiger partial charge in [-0.1, -0.05) is 23.8 Å². The lowest BCUT2D eigenvalue weighted by Gasteiger charge is -2.17. The highest BCUT2D eigenvalue weighted by Crippen LogP contribution is 2.24. The maximum Gasteiger partial charge on any atom is 0.214 e. The van der Waals surface area contributed by atoms with Crippen LogP contribution in [0.4, 0.5) is 0 Å². The van der Waals surface area contributed by atoms with E-state index < -0.39 is 0 Å². The summed E-state index contributed by atoms with van der Waals surface area (Å²) in [6, 6.07) is 0. The first-order valence-corrected chi connectivity index (χ1v) is 5.60. The van der Waals surface area contributed by atoms with Gasteiger partial charge in [-0.25, -0.2) is 0 Å². The van der Waals surface area contributed by atoms with Gasteiger partial charge < -0.3 is 15.2 Å². The van der Waals surface area contributed by atoms with E-state index in [1.54, 1.807) is 0 Å². The van der Waals surface area contributed by atoms with Crippen molar-refractivity contribution in [2.24, 2.45) is 5.73 Å². The van der Waals surface area contributed by atoms with E-state index in [4.69, 9.17) is 15.2 Å². The summed E-state index contributed by atoms with van der Waals surface area (Å²) in [4.78, 5) is 11.4. The van der Waals surface area contributed by atoms with Crippen LogP contribution in [0.1, 0.15) is 19.3 Å². The zero-order valence-corrected chi connectivity index (χ0v) is 9.52. The molecule has 0 spiro atoms. The highest BCUT2D eigenvalue weighted by molar-refractivity contribution is 5.94. The number of allylic oxidation sites excluding steroid dienone is 4. The summed E-state index contributed by atoms with van der Waals surface area (Å²) < 4.78 is 10.5.